The van der Waals surface area contributed by atoms with Gasteiger partial charge in [-0.2, -0.15) is 0 Å². The van der Waals surface area contributed by atoms with Gasteiger partial charge >= 0.3 is 5.97 Å². The van der Waals surface area contributed by atoms with E-state index in [0.29, 0.717) is 13.0 Å². The van der Waals surface area contributed by atoms with Gasteiger partial charge in [-0.15, -0.1) is 0 Å². The highest BCUT2D eigenvalue weighted by Gasteiger charge is 2.05. The van der Waals surface area contributed by atoms with Gasteiger partial charge in [0.15, 0.2) is 0 Å². The molecule has 0 saturated carbocycles. The molecule has 0 unspecified atom stereocenters. The van der Waals surface area contributed by atoms with Crippen LogP contribution in [0.5, 0.6) is 0 Å². The molecule has 4 heteroatoms. The Morgan fingerprint density at radius 3 is 2.75 bits per heavy atom. The molecule has 0 fully saturated rings. The summed E-state index contributed by atoms with van der Waals surface area (Å²) in [7, 11) is 3.40. The van der Waals surface area contributed by atoms with E-state index in [9.17, 15) is 4.79 Å². The second-order valence-corrected chi connectivity index (χ2v) is 3.89. The van der Waals surface area contributed by atoms with E-state index in [1.54, 1.807) is 0 Å². The van der Waals surface area contributed by atoms with Crippen molar-refractivity contribution >= 4 is 5.97 Å². The predicted molar refractivity (Wildman–Crippen MR) is 61.3 cm³/mol. The van der Waals surface area contributed by atoms with Gasteiger partial charge < -0.3 is 14.1 Å². The molecule has 0 saturated heterocycles. The standard InChI is InChI=1S/C12H19NO3/c1-10-4-5-11(16-10)6-8-13(2)9-7-12(14)15-3/h4-5H,6-9H2,1-3H3. The maximum Gasteiger partial charge on any atom is 0.306 e. The van der Waals surface area contributed by atoms with Crippen LogP contribution in [-0.2, 0) is 16.0 Å². The molecule has 1 aromatic heterocycles. The summed E-state index contributed by atoms with van der Waals surface area (Å²) in [4.78, 5) is 13.0. The first kappa shape index (κ1) is 12.8. The molecule has 90 valence electrons. The maximum atomic E-state index is 10.9. The molecule has 16 heavy (non-hydrogen) atoms. The summed E-state index contributed by atoms with van der Waals surface area (Å²) in [6.45, 7) is 3.53. The molecule has 1 heterocycles. The van der Waals surface area contributed by atoms with Gasteiger partial charge in [0.05, 0.1) is 13.5 Å². The number of carbonyl (C=O) groups is 1. The largest absolute Gasteiger partial charge is 0.469 e. The number of carbonyl (C=O) groups excluding carboxylic acids is 1. The summed E-state index contributed by atoms with van der Waals surface area (Å²) in [5.41, 5.74) is 0. The van der Waals surface area contributed by atoms with Crippen LogP contribution in [0.15, 0.2) is 16.5 Å². The Morgan fingerprint density at radius 2 is 2.19 bits per heavy atom. The normalized spacial score (nSPS) is 10.8. The second-order valence-electron chi connectivity index (χ2n) is 3.89. The molecule has 1 aromatic rings. The van der Waals surface area contributed by atoms with Gasteiger partial charge in [0, 0.05) is 19.5 Å². The fourth-order valence-electron chi connectivity index (χ4n) is 1.42. The van der Waals surface area contributed by atoms with Crippen molar-refractivity contribution < 1.29 is 13.9 Å². The predicted octanol–water partition coefficient (Wildman–Crippen LogP) is 1.63. The first-order valence-corrected chi connectivity index (χ1v) is 5.42. The number of ether oxygens (including phenoxy) is 1. The smallest absolute Gasteiger partial charge is 0.306 e. The number of likely N-dealkylation sites (N-methyl/N-ethyl adjacent to an activating group) is 1. The van der Waals surface area contributed by atoms with E-state index >= 15 is 0 Å². The molecule has 0 atom stereocenters. The summed E-state index contributed by atoms with van der Waals surface area (Å²) >= 11 is 0. The van der Waals surface area contributed by atoms with Crippen LogP contribution >= 0.6 is 0 Å². The molecule has 0 aliphatic heterocycles. The molecule has 0 N–H and O–H groups in total. The number of nitrogens with zero attached hydrogens (tertiary/aromatic N) is 1. The van der Waals surface area contributed by atoms with E-state index in [2.05, 4.69) is 9.64 Å². The van der Waals surface area contributed by atoms with Crippen molar-refractivity contribution in [1.29, 1.82) is 0 Å². The zero-order chi connectivity index (χ0) is 12.0. The molecule has 0 aliphatic rings. The van der Waals surface area contributed by atoms with E-state index < -0.39 is 0 Å². The highest BCUT2D eigenvalue weighted by molar-refractivity contribution is 5.69. The molecule has 4 nitrogen and oxygen atoms in total. The number of hydrogen-bond acceptors (Lipinski definition) is 4. The highest BCUT2D eigenvalue weighted by Crippen LogP contribution is 2.07. The van der Waals surface area contributed by atoms with Gasteiger partial charge in [-0.3, -0.25) is 4.79 Å². The van der Waals surface area contributed by atoms with Crippen LogP contribution in [-0.4, -0.2) is 38.1 Å². The summed E-state index contributed by atoms with van der Waals surface area (Å²) in [5.74, 6) is 1.76. The van der Waals surface area contributed by atoms with Gasteiger partial charge in [0.2, 0.25) is 0 Å². The summed E-state index contributed by atoms with van der Waals surface area (Å²) < 4.78 is 10.0. The molecular formula is C12H19NO3. The lowest BCUT2D eigenvalue weighted by Gasteiger charge is -2.14. The van der Waals surface area contributed by atoms with Crippen molar-refractivity contribution in [1.82, 2.24) is 4.90 Å². The van der Waals surface area contributed by atoms with Crippen LogP contribution in [0.25, 0.3) is 0 Å². The highest BCUT2D eigenvalue weighted by atomic mass is 16.5. The van der Waals surface area contributed by atoms with Crippen LogP contribution in [0.2, 0.25) is 0 Å². The molecule has 1 rings (SSSR count). The zero-order valence-electron chi connectivity index (χ0n) is 10.2. The summed E-state index contributed by atoms with van der Waals surface area (Å²) in [5, 5.41) is 0. The van der Waals surface area contributed by atoms with E-state index in [4.69, 9.17) is 4.42 Å². The number of rotatable bonds is 6. The minimum atomic E-state index is -0.166. The van der Waals surface area contributed by atoms with Gasteiger partial charge in [-0.05, 0) is 26.1 Å². The number of aryl methyl sites for hydroxylation is 1. The third-order valence-corrected chi connectivity index (χ3v) is 2.46. The Labute approximate surface area is 96.2 Å². The first-order chi connectivity index (χ1) is 7.61. The first-order valence-electron chi connectivity index (χ1n) is 5.42. The third-order valence-electron chi connectivity index (χ3n) is 2.46. The average Bonchev–Trinajstić information content (AvgIpc) is 2.69. The Morgan fingerprint density at radius 1 is 1.44 bits per heavy atom. The van der Waals surface area contributed by atoms with Crippen molar-refractivity contribution in [2.45, 2.75) is 19.8 Å². The maximum absolute atomic E-state index is 10.9. The monoisotopic (exact) mass is 225 g/mol. The van der Waals surface area contributed by atoms with Crippen molar-refractivity contribution in [3.63, 3.8) is 0 Å². The van der Waals surface area contributed by atoms with E-state index in [-0.39, 0.29) is 5.97 Å². The van der Waals surface area contributed by atoms with Crippen molar-refractivity contribution in [3.8, 4) is 0 Å². The van der Waals surface area contributed by atoms with Crippen LogP contribution in [0, 0.1) is 6.92 Å². The topological polar surface area (TPSA) is 42.7 Å². The SMILES string of the molecule is COC(=O)CCN(C)CCc1ccc(C)o1. The van der Waals surface area contributed by atoms with Crippen molar-refractivity contribution in [2.75, 3.05) is 27.2 Å². The van der Waals surface area contributed by atoms with Crippen molar-refractivity contribution in [2.24, 2.45) is 0 Å². The van der Waals surface area contributed by atoms with E-state index in [1.807, 2.05) is 26.1 Å². The number of methoxy groups -OCH3 is 1. The second kappa shape index (κ2) is 6.33. The third kappa shape index (κ3) is 4.49. The summed E-state index contributed by atoms with van der Waals surface area (Å²) in [6.07, 6.45) is 1.30. The molecule has 0 amide bonds. The number of esters is 1. The number of hydrogen-bond donors (Lipinski definition) is 0. The van der Waals surface area contributed by atoms with Crippen LogP contribution < -0.4 is 0 Å². The molecule has 0 spiro atoms. The Bertz CT molecular complexity index is 333. The number of furan rings is 1. The Kier molecular flexibility index (Phi) is 5.05. The molecule has 0 bridgehead atoms. The quantitative estimate of drug-likeness (QED) is 0.690. The van der Waals surface area contributed by atoms with Gasteiger partial charge in [-0.25, -0.2) is 0 Å². The Hall–Kier alpha value is -1.29. The zero-order valence-corrected chi connectivity index (χ0v) is 10.2. The molecule has 0 radical (unpaired) electrons. The lowest BCUT2D eigenvalue weighted by Crippen LogP contribution is -2.24. The Balaban J connectivity index is 2.19. The van der Waals surface area contributed by atoms with E-state index in [0.717, 1.165) is 24.5 Å². The summed E-state index contributed by atoms with van der Waals surface area (Å²) in [6, 6.07) is 3.95. The molecule has 0 aliphatic carbocycles. The minimum absolute atomic E-state index is 0.166. The van der Waals surface area contributed by atoms with Gasteiger partial charge in [-0.1, -0.05) is 0 Å². The molecular weight excluding hydrogens is 206 g/mol. The average molecular weight is 225 g/mol. The molecule has 0 aromatic carbocycles. The lowest BCUT2D eigenvalue weighted by molar-refractivity contribution is -0.140. The minimum Gasteiger partial charge on any atom is -0.469 e. The van der Waals surface area contributed by atoms with Crippen LogP contribution in [0.1, 0.15) is 17.9 Å². The van der Waals surface area contributed by atoms with E-state index in [1.165, 1.54) is 7.11 Å². The fraction of sp³-hybridized carbons (Fsp3) is 0.583. The lowest BCUT2D eigenvalue weighted by atomic mass is 10.3. The van der Waals surface area contributed by atoms with Crippen molar-refractivity contribution in [3.05, 3.63) is 23.7 Å². The van der Waals surface area contributed by atoms with Crippen LogP contribution in [0.3, 0.4) is 0 Å². The van der Waals surface area contributed by atoms with Gasteiger partial charge in [0.25, 0.3) is 0 Å². The fourth-order valence-corrected chi connectivity index (χ4v) is 1.42. The van der Waals surface area contributed by atoms with Crippen LogP contribution in [0.4, 0.5) is 0 Å². The van der Waals surface area contributed by atoms with Gasteiger partial charge in [0.1, 0.15) is 11.5 Å².